The van der Waals surface area contributed by atoms with Gasteiger partial charge in [-0.25, -0.2) is 18.0 Å². The second kappa shape index (κ2) is 18.6. The summed E-state index contributed by atoms with van der Waals surface area (Å²) >= 11 is 0. The quantitative estimate of drug-likeness (QED) is 0.0957. The average molecular weight is 619 g/mol. The Hall–Kier alpha value is -3.07. The monoisotopic (exact) mass is 618 g/mol. The summed E-state index contributed by atoms with van der Waals surface area (Å²) in [6.45, 7) is 4.30. The van der Waals surface area contributed by atoms with E-state index in [9.17, 15) is 38.4 Å². The van der Waals surface area contributed by atoms with Crippen LogP contribution in [0.25, 0.3) is 0 Å². The smallest absolute Gasteiger partial charge is 0.336 e. The summed E-state index contributed by atoms with van der Waals surface area (Å²) in [6.07, 6.45) is 15.9. The average Bonchev–Trinajstić information content (AvgIpc) is 2.95. The van der Waals surface area contributed by atoms with Crippen LogP contribution in [0.15, 0.2) is 34.1 Å². The van der Waals surface area contributed by atoms with Crippen LogP contribution in [0.4, 0.5) is 0 Å². The number of sulfone groups is 1. The van der Waals surface area contributed by atoms with E-state index in [4.69, 9.17) is 0 Å². The zero-order valence-corrected chi connectivity index (χ0v) is 26.7. The van der Waals surface area contributed by atoms with Crippen molar-refractivity contribution in [3.05, 3.63) is 46.5 Å². The maximum atomic E-state index is 14.2. The van der Waals surface area contributed by atoms with Crippen LogP contribution in [0.1, 0.15) is 148 Å². The molecule has 0 bridgehead atoms. The summed E-state index contributed by atoms with van der Waals surface area (Å²) < 4.78 is 28.5. The molecule has 0 saturated heterocycles. The fraction of sp³-hybridized carbons (Fsp3) is 0.588. The lowest BCUT2D eigenvalue weighted by Crippen LogP contribution is -2.15. The minimum absolute atomic E-state index is 0.0309. The summed E-state index contributed by atoms with van der Waals surface area (Å²) in [5.41, 5.74) is -0.538. The Morgan fingerprint density at radius 3 is 1.14 bits per heavy atom. The van der Waals surface area contributed by atoms with E-state index in [-0.39, 0.29) is 35.1 Å². The van der Waals surface area contributed by atoms with Gasteiger partial charge in [0.25, 0.3) is 0 Å². The van der Waals surface area contributed by atoms with E-state index in [1.165, 1.54) is 25.0 Å². The highest BCUT2D eigenvalue weighted by molar-refractivity contribution is 7.91. The maximum Gasteiger partial charge on any atom is 0.336 e. The van der Waals surface area contributed by atoms with Crippen LogP contribution in [0, 0.1) is 0 Å². The Morgan fingerprint density at radius 1 is 0.535 bits per heavy atom. The molecule has 0 aliphatic carbocycles. The molecule has 0 spiro atoms. The van der Waals surface area contributed by atoms with E-state index in [1.807, 2.05) is 0 Å². The van der Waals surface area contributed by atoms with Gasteiger partial charge in [0, 0.05) is 0 Å². The number of phenolic OH excluding ortho intramolecular Hbond substituents is 2. The molecule has 0 aliphatic heterocycles. The van der Waals surface area contributed by atoms with E-state index < -0.39 is 43.1 Å². The predicted octanol–water partition coefficient (Wildman–Crippen LogP) is 8.69. The fourth-order valence-corrected chi connectivity index (χ4v) is 7.66. The lowest BCUT2D eigenvalue weighted by Gasteiger charge is -2.19. The first-order valence-corrected chi connectivity index (χ1v) is 17.5. The van der Waals surface area contributed by atoms with Crippen molar-refractivity contribution in [3.63, 3.8) is 0 Å². The van der Waals surface area contributed by atoms with Crippen LogP contribution >= 0.6 is 0 Å². The first-order chi connectivity index (χ1) is 20.6. The molecule has 2 rings (SSSR count). The number of unbranched alkanes of at least 4 members (excludes halogenated alkanes) is 14. The molecule has 240 valence electrons. The highest BCUT2D eigenvalue weighted by Crippen LogP contribution is 2.41. The van der Waals surface area contributed by atoms with Gasteiger partial charge in [-0.3, -0.25) is 0 Å². The minimum atomic E-state index is -4.72. The lowest BCUT2D eigenvalue weighted by atomic mass is 9.99. The van der Waals surface area contributed by atoms with E-state index in [2.05, 4.69) is 13.8 Å². The standard InChI is InChI=1S/C34H50O8S/c1-3-5-7-9-11-13-15-17-19-25-27(33(37)38)21-23-29(35)31(25)43(41,42)32-26(28(34(39)40)22-24-30(32)36)20-18-16-14-12-10-8-6-4-2/h21-24,35-36H,3-20H2,1-2H3,(H,37,38)(H,39,40). The molecule has 9 heteroatoms. The number of rotatable bonds is 22. The second-order valence-corrected chi connectivity index (χ2v) is 13.3. The van der Waals surface area contributed by atoms with Crippen LogP contribution in [0.2, 0.25) is 0 Å². The molecule has 43 heavy (non-hydrogen) atoms. The number of benzene rings is 2. The molecule has 8 nitrogen and oxygen atoms in total. The molecule has 2 aromatic rings. The SMILES string of the molecule is CCCCCCCCCCc1c(C(=O)O)ccc(O)c1S(=O)(=O)c1c(O)ccc(C(=O)O)c1CCCCCCCCCC. The van der Waals surface area contributed by atoms with Gasteiger partial charge in [-0.2, -0.15) is 0 Å². The second-order valence-electron chi connectivity index (χ2n) is 11.4. The van der Waals surface area contributed by atoms with Crippen LogP contribution in [0.5, 0.6) is 11.5 Å². The molecule has 0 amide bonds. The molecular formula is C34H50O8S. The zero-order chi connectivity index (χ0) is 31.8. The largest absolute Gasteiger partial charge is 0.507 e. The maximum absolute atomic E-state index is 14.2. The van der Waals surface area contributed by atoms with E-state index >= 15 is 0 Å². The van der Waals surface area contributed by atoms with Gasteiger partial charge >= 0.3 is 11.9 Å². The van der Waals surface area contributed by atoms with Crippen molar-refractivity contribution in [2.45, 2.75) is 139 Å². The third-order valence-corrected chi connectivity index (χ3v) is 10.0. The molecule has 0 radical (unpaired) electrons. The Morgan fingerprint density at radius 2 is 0.837 bits per heavy atom. The first-order valence-electron chi connectivity index (χ1n) is 16.0. The molecule has 4 N–H and O–H groups in total. The van der Waals surface area contributed by atoms with E-state index in [0.29, 0.717) is 12.8 Å². The van der Waals surface area contributed by atoms with Crippen molar-refractivity contribution >= 4 is 21.8 Å². The van der Waals surface area contributed by atoms with Crippen molar-refractivity contribution in [3.8, 4) is 11.5 Å². The summed E-state index contributed by atoms with van der Waals surface area (Å²) in [4.78, 5) is 23.1. The molecule has 0 unspecified atom stereocenters. The molecule has 0 aliphatic rings. The number of hydrogen-bond acceptors (Lipinski definition) is 6. The molecule has 0 fully saturated rings. The van der Waals surface area contributed by atoms with Gasteiger partial charge in [0.15, 0.2) is 0 Å². The van der Waals surface area contributed by atoms with E-state index in [1.54, 1.807) is 0 Å². The fourth-order valence-electron chi connectivity index (χ4n) is 5.70. The summed E-state index contributed by atoms with van der Waals surface area (Å²) in [5.74, 6) is -3.90. The van der Waals surface area contributed by atoms with Crippen LogP contribution in [-0.4, -0.2) is 40.8 Å². The Balaban J connectivity index is 2.43. The van der Waals surface area contributed by atoms with Crippen molar-refractivity contribution in [1.29, 1.82) is 0 Å². The molecule has 0 atom stereocenters. The van der Waals surface area contributed by atoms with Crippen molar-refractivity contribution in [1.82, 2.24) is 0 Å². The van der Waals surface area contributed by atoms with Crippen LogP contribution < -0.4 is 0 Å². The molecule has 0 heterocycles. The van der Waals surface area contributed by atoms with Gasteiger partial charge in [0.05, 0.1) is 11.1 Å². The zero-order valence-electron chi connectivity index (χ0n) is 25.9. The van der Waals surface area contributed by atoms with Gasteiger partial charge in [0.2, 0.25) is 9.84 Å². The van der Waals surface area contributed by atoms with E-state index in [0.717, 1.165) is 89.2 Å². The number of aromatic hydroxyl groups is 2. The number of hydrogen-bond donors (Lipinski definition) is 4. The Labute approximate surface area is 257 Å². The first kappa shape index (κ1) is 36.1. The van der Waals surface area contributed by atoms with Gasteiger partial charge in [-0.15, -0.1) is 0 Å². The number of carboxylic acid groups (broad SMARTS) is 2. The molecule has 0 saturated carbocycles. The predicted molar refractivity (Wildman–Crippen MR) is 168 cm³/mol. The number of phenols is 2. The van der Waals surface area contributed by atoms with Gasteiger partial charge in [0.1, 0.15) is 21.3 Å². The molecule has 2 aromatic carbocycles. The van der Waals surface area contributed by atoms with Gasteiger partial charge in [-0.1, -0.05) is 104 Å². The summed E-state index contributed by atoms with van der Waals surface area (Å²) in [7, 11) is -4.72. The van der Waals surface area contributed by atoms with Crippen molar-refractivity contribution < 1.29 is 38.4 Å². The lowest BCUT2D eigenvalue weighted by molar-refractivity contribution is 0.0684. The summed E-state index contributed by atoms with van der Waals surface area (Å²) in [6, 6.07) is 4.44. The third-order valence-electron chi connectivity index (χ3n) is 8.04. The van der Waals surface area contributed by atoms with Crippen LogP contribution in [0.3, 0.4) is 0 Å². The number of aromatic carboxylic acids is 2. The van der Waals surface area contributed by atoms with Crippen molar-refractivity contribution in [2.24, 2.45) is 0 Å². The topological polar surface area (TPSA) is 149 Å². The Kier molecular flexibility index (Phi) is 15.6. The third kappa shape index (κ3) is 10.6. The van der Waals surface area contributed by atoms with Gasteiger partial charge < -0.3 is 20.4 Å². The highest BCUT2D eigenvalue weighted by atomic mass is 32.2. The number of carboxylic acids is 2. The minimum Gasteiger partial charge on any atom is -0.507 e. The molecule has 0 aromatic heterocycles. The number of carbonyl (C=O) groups is 2. The molecular weight excluding hydrogens is 568 g/mol. The van der Waals surface area contributed by atoms with Gasteiger partial charge in [-0.05, 0) is 61.1 Å². The normalized spacial score (nSPS) is 11.6. The van der Waals surface area contributed by atoms with Crippen molar-refractivity contribution in [2.75, 3.05) is 0 Å². The Bertz CT molecular complexity index is 1210. The summed E-state index contributed by atoms with van der Waals surface area (Å²) in [5, 5.41) is 41.5. The highest BCUT2D eigenvalue weighted by Gasteiger charge is 2.34. The van der Waals surface area contributed by atoms with Crippen LogP contribution in [-0.2, 0) is 22.7 Å².